The average molecular weight is 239 g/mol. The van der Waals surface area contributed by atoms with Gasteiger partial charge in [0.2, 0.25) is 0 Å². The third-order valence-electron chi connectivity index (χ3n) is 1.72. The van der Waals surface area contributed by atoms with Gasteiger partial charge in [-0.15, -0.1) is 12.4 Å². The highest BCUT2D eigenvalue weighted by Crippen LogP contribution is 2.17. The van der Waals surface area contributed by atoms with Gasteiger partial charge in [0.25, 0.3) is 0 Å². The molecule has 0 spiro atoms. The van der Waals surface area contributed by atoms with Crippen LogP contribution in [0, 0.1) is 11.6 Å². The summed E-state index contributed by atoms with van der Waals surface area (Å²) in [5, 5.41) is 0. The summed E-state index contributed by atoms with van der Waals surface area (Å²) in [7, 11) is 0. The van der Waals surface area contributed by atoms with Crippen molar-refractivity contribution in [2.24, 2.45) is 5.73 Å². The van der Waals surface area contributed by atoms with Gasteiger partial charge < -0.3 is 10.5 Å². The summed E-state index contributed by atoms with van der Waals surface area (Å²) >= 11 is 0. The normalized spacial score (nSPS) is 12.0. The van der Waals surface area contributed by atoms with E-state index in [4.69, 9.17) is 10.5 Å². The maximum absolute atomic E-state index is 13.2. The molecule has 1 atom stereocenters. The summed E-state index contributed by atoms with van der Waals surface area (Å²) in [4.78, 5) is 3.61. The zero-order chi connectivity index (χ0) is 10.6. The molecule has 0 radical (unpaired) electrons. The molecule has 1 heterocycles. The summed E-state index contributed by atoms with van der Waals surface area (Å²) in [6.45, 7) is 2.29. The zero-order valence-corrected chi connectivity index (χ0v) is 9.06. The number of nitrogens with zero attached hydrogens (tertiary/aromatic N) is 1. The van der Waals surface area contributed by atoms with Crippen molar-refractivity contribution in [2.75, 3.05) is 13.2 Å². The lowest BCUT2D eigenvalue weighted by molar-refractivity contribution is 0.0629. The molecule has 15 heavy (non-hydrogen) atoms. The highest BCUT2D eigenvalue weighted by Gasteiger charge is 2.16. The number of aromatic nitrogens is 1. The molecule has 0 aliphatic rings. The largest absolute Gasteiger partial charge is 0.371 e. The Morgan fingerprint density at radius 1 is 1.53 bits per heavy atom. The standard InChI is InChI=1S/C9H12F2N2O.ClH/c1-2-14-8(4-12)9-7(11)3-6(10)5-13-9;/h3,5,8H,2,4,12H2,1H3;1H. The first-order chi connectivity index (χ1) is 6.69. The second-order valence-corrected chi connectivity index (χ2v) is 2.70. The van der Waals surface area contributed by atoms with Crippen LogP contribution in [-0.2, 0) is 4.74 Å². The number of hydrogen-bond acceptors (Lipinski definition) is 3. The van der Waals surface area contributed by atoms with Crippen LogP contribution in [0.15, 0.2) is 12.3 Å². The minimum absolute atomic E-state index is 0. The molecular formula is C9H13ClF2N2O. The van der Waals surface area contributed by atoms with E-state index in [-0.39, 0.29) is 24.6 Å². The van der Waals surface area contributed by atoms with Gasteiger partial charge in [-0.2, -0.15) is 0 Å². The van der Waals surface area contributed by atoms with E-state index in [0.29, 0.717) is 6.61 Å². The van der Waals surface area contributed by atoms with E-state index in [2.05, 4.69) is 4.98 Å². The van der Waals surface area contributed by atoms with Gasteiger partial charge in [0.05, 0.1) is 6.20 Å². The molecule has 0 aliphatic carbocycles. The predicted octanol–water partition coefficient (Wildman–Crippen LogP) is 1.82. The summed E-state index contributed by atoms with van der Waals surface area (Å²) < 4.78 is 30.8. The van der Waals surface area contributed by atoms with Crippen LogP contribution in [0.5, 0.6) is 0 Å². The number of hydrogen-bond donors (Lipinski definition) is 1. The second kappa shape index (κ2) is 6.66. The van der Waals surface area contributed by atoms with E-state index in [9.17, 15) is 8.78 Å². The van der Waals surface area contributed by atoms with Gasteiger partial charge in [0.1, 0.15) is 23.4 Å². The third-order valence-corrected chi connectivity index (χ3v) is 1.72. The van der Waals surface area contributed by atoms with Crippen LogP contribution >= 0.6 is 12.4 Å². The van der Waals surface area contributed by atoms with Crippen molar-refractivity contribution < 1.29 is 13.5 Å². The van der Waals surface area contributed by atoms with E-state index in [1.54, 1.807) is 6.92 Å². The molecule has 2 N–H and O–H groups in total. The SMILES string of the molecule is CCOC(CN)c1ncc(F)cc1F.Cl. The van der Waals surface area contributed by atoms with Crippen LogP contribution in [0.25, 0.3) is 0 Å². The Hall–Kier alpha value is -0.780. The lowest BCUT2D eigenvalue weighted by Crippen LogP contribution is -2.18. The molecule has 6 heteroatoms. The first-order valence-electron chi connectivity index (χ1n) is 4.31. The molecule has 1 aromatic rings. The number of rotatable bonds is 4. The van der Waals surface area contributed by atoms with Crippen molar-refractivity contribution >= 4 is 12.4 Å². The minimum Gasteiger partial charge on any atom is -0.371 e. The number of ether oxygens (including phenoxy) is 1. The van der Waals surface area contributed by atoms with Crippen molar-refractivity contribution in [3.8, 4) is 0 Å². The van der Waals surface area contributed by atoms with Crippen molar-refractivity contribution in [2.45, 2.75) is 13.0 Å². The molecular weight excluding hydrogens is 226 g/mol. The molecule has 0 aromatic carbocycles. The van der Waals surface area contributed by atoms with E-state index >= 15 is 0 Å². The van der Waals surface area contributed by atoms with Crippen LogP contribution in [-0.4, -0.2) is 18.1 Å². The van der Waals surface area contributed by atoms with Crippen molar-refractivity contribution in [1.29, 1.82) is 0 Å². The third kappa shape index (κ3) is 3.70. The van der Waals surface area contributed by atoms with Crippen molar-refractivity contribution in [3.63, 3.8) is 0 Å². The van der Waals surface area contributed by atoms with Gasteiger partial charge in [-0.05, 0) is 6.92 Å². The van der Waals surface area contributed by atoms with Crippen LogP contribution in [0.1, 0.15) is 18.7 Å². The smallest absolute Gasteiger partial charge is 0.150 e. The summed E-state index contributed by atoms with van der Waals surface area (Å²) in [6, 6.07) is 0.768. The fourth-order valence-electron chi connectivity index (χ4n) is 1.12. The molecule has 0 amide bonds. The van der Waals surface area contributed by atoms with Gasteiger partial charge in [0.15, 0.2) is 0 Å². The Bertz CT molecular complexity index is 312. The van der Waals surface area contributed by atoms with Crippen LogP contribution < -0.4 is 5.73 Å². The monoisotopic (exact) mass is 238 g/mol. The van der Waals surface area contributed by atoms with Crippen LogP contribution in [0.4, 0.5) is 8.78 Å². The highest BCUT2D eigenvalue weighted by atomic mass is 35.5. The lowest BCUT2D eigenvalue weighted by Gasteiger charge is -2.14. The zero-order valence-electron chi connectivity index (χ0n) is 8.24. The Balaban J connectivity index is 0.00000196. The quantitative estimate of drug-likeness (QED) is 0.871. The number of pyridine rings is 1. The van der Waals surface area contributed by atoms with E-state index in [1.807, 2.05) is 0 Å². The topological polar surface area (TPSA) is 48.1 Å². The fraction of sp³-hybridized carbons (Fsp3) is 0.444. The maximum Gasteiger partial charge on any atom is 0.150 e. The predicted molar refractivity (Wildman–Crippen MR) is 54.8 cm³/mol. The molecule has 0 bridgehead atoms. The van der Waals surface area contributed by atoms with E-state index in [0.717, 1.165) is 12.3 Å². The molecule has 0 aliphatic heterocycles. The summed E-state index contributed by atoms with van der Waals surface area (Å²) in [5.74, 6) is -1.44. The molecule has 0 saturated carbocycles. The minimum atomic E-state index is -0.728. The van der Waals surface area contributed by atoms with Gasteiger partial charge in [0, 0.05) is 19.2 Å². The Kier molecular flexibility index (Phi) is 6.31. The Labute approximate surface area is 93.0 Å². The molecule has 0 saturated heterocycles. The fourth-order valence-corrected chi connectivity index (χ4v) is 1.12. The van der Waals surface area contributed by atoms with E-state index in [1.165, 1.54) is 0 Å². The molecule has 1 unspecified atom stereocenters. The first-order valence-corrected chi connectivity index (χ1v) is 4.31. The maximum atomic E-state index is 13.2. The van der Waals surface area contributed by atoms with Crippen LogP contribution in [0.2, 0.25) is 0 Å². The number of halogens is 3. The molecule has 1 rings (SSSR count). The van der Waals surface area contributed by atoms with Gasteiger partial charge in [-0.25, -0.2) is 8.78 Å². The highest BCUT2D eigenvalue weighted by molar-refractivity contribution is 5.85. The van der Waals surface area contributed by atoms with Crippen molar-refractivity contribution in [3.05, 3.63) is 29.6 Å². The van der Waals surface area contributed by atoms with Gasteiger partial charge in [-0.3, -0.25) is 4.98 Å². The lowest BCUT2D eigenvalue weighted by atomic mass is 10.2. The van der Waals surface area contributed by atoms with Gasteiger partial charge >= 0.3 is 0 Å². The Morgan fingerprint density at radius 2 is 2.20 bits per heavy atom. The van der Waals surface area contributed by atoms with E-state index < -0.39 is 17.7 Å². The second-order valence-electron chi connectivity index (χ2n) is 2.70. The molecule has 3 nitrogen and oxygen atoms in total. The number of nitrogens with two attached hydrogens (primary N) is 1. The molecule has 86 valence electrons. The summed E-state index contributed by atoms with van der Waals surface area (Å²) in [5.41, 5.74) is 5.42. The van der Waals surface area contributed by atoms with Gasteiger partial charge in [-0.1, -0.05) is 0 Å². The molecule has 0 fully saturated rings. The molecule has 1 aromatic heterocycles. The average Bonchev–Trinajstić information content (AvgIpc) is 2.15. The first kappa shape index (κ1) is 14.2. The van der Waals surface area contributed by atoms with Crippen LogP contribution in [0.3, 0.4) is 0 Å². The van der Waals surface area contributed by atoms with Crippen molar-refractivity contribution in [1.82, 2.24) is 4.98 Å². The summed E-state index contributed by atoms with van der Waals surface area (Å²) in [6.07, 6.45) is 0.334. The Morgan fingerprint density at radius 3 is 2.67 bits per heavy atom.